The molecule has 0 aliphatic rings. The third kappa shape index (κ3) is 4.93. The van der Waals surface area contributed by atoms with Gasteiger partial charge < -0.3 is 0 Å². The molecule has 3 rings (SSSR count). The highest BCUT2D eigenvalue weighted by Gasteiger charge is 2.88. The number of hydrogen-bond acceptors (Lipinski definition) is 5. The summed E-state index contributed by atoms with van der Waals surface area (Å²) in [5, 5.41) is 1.62. The van der Waals surface area contributed by atoms with E-state index in [0.29, 0.717) is 10.8 Å². The molecule has 0 saturated heterocycles. The first-order valence-corrected chi connectivity index (χ1v) is 12.2. The molecule has 4 nitrogen and oxygen atoms in total. The normalized spacial score (nSPS) is 15.3. The first-order chi connectivity index (χ1) is 18.3. The van der Waals surface area contributed by atoms with E-state index in [1.54, 1.807) is 5.16 Å². The van der Waals surface area contributed by atoms with Gasteiger partial charge >= 0.3 is 51.7 Å². The van der Waals surface area contributed by atoms with E-state index in [0.717, 1.165) is 17.4 Å². The summed E-state index contributed by atoms with van der Waals surface area (Å²) in [6, 6.07) is 6.94. The fourth-order valence-electron chi connectivity index (χ4n) is 3.18. The van der Waals surface area contributed by atoms with Crippen molar-refractivity contribution in [2.45, 2.75) is 41.5 Å². The van der Waals surface area contributed by atoms with Crippen molar-refractivity contribution in [2.24, 2.45) is 5.16 Å². The van der Waals surface area contributed by atoms with Crippen LogP contribution in [0, 0.1) is 0 Å². The van der Waals surface area contributed by atoms with Gasteiger partial charge in [0.15, 0.2) is 5.71 Å². The van der Waals surface area contributed by atoms with Crippen LogP contribution in [0.4, 0.5) is 65.9 Å². The van der Waals surface area contributed by atoms with Crippen LogP contribution < -0.4 is 0 Å². The lowest BCUT2D eigenvalue weighted by Crippen LogP contribution is -2.70. The van der Waals surface area contributed by atoms with Crippen molar-refractivity contribution in [1.29, 1.82) is 0 Å². The Hall–Kier alpha value is -2.97. The monoisotopic (exact) mass is 659 g/mol. The maximum atomic E-state index is 15.0. The first kappa shape index (κ1) is 32.5. The highest BCUT2D eigenvalue weighted by molar-refractivity contribution is 7.87. The van der Waals surface area contributed by atoms with Gasteiger partial charge in [0.1, 0.15) is 0 Å². The number of benzene rings is 2. The van der Waals surface area contributed by atoms with E-state index >= 15 is 0 Å². The highest BCUT2D eigenvalue weighted by atomic mass is 32.2. The Bertz CT molecular complexity index is 1590. The fraction of sp³-hybridized carbons (Fsp3) is 0.350. The number of oxime groups is 1. The number of hydrogen-bond donors (Lipinski definition) is 0. The van der Waals surface area contributed by atoms with Crippen LogP contribution in [0.1, 0.15) is 5.56 Å². The largest absolute Gasteiger partial charge is 0.536 e. The molecule has 21 heteroatoms. The Morgan fingerprint density at radius 1 is 0.732 bits per heavy atom. The molecule has 0 aliphatic carbocycles. The average Bonchev–Trinajstić information content (AvgIpc) is 3.20. The van der Waals surface area contributed by atoms with Crippen LogP contribution in [0.2, 0.25) is 0 Å². The van der Waals surface area contributed by atoms with E-state index in [4.69, 9.17) is 0 Å². The van der Waals surface area contributed by atoms with Crippen LogP contribution in [-0.4, -0.2) is 55.7 Å². The molecule has 0 aliphatic heterocycles. The molecule has 228 valence electrons. The van der Waals surface area contributed by atoms with Crippen LogP contribution in [0.3, 0.4) is 0 Å². The van der Waals surface area contributed by atoms with Gasteiger partial charge in [-0.05, 0) is 18.2 Å². The second kappa shape index (κ2) is 9.80. The molecule has 1 heterocycles. The number of thiophene rings is 1. The molecule has 0 bridgehead atoms. The smallest absolute Gasteiger partial charge is 0.261 e. The Balaban J connectivity index is 2.31. The summed E-state index contributed by atoms with van der Waals surface area (Å²) >= 11 is 0.904. The minimum absolute atomic E-state index is 0.126. The molecule has 0 N–H and O–H groups in total. The van der Waals surface area contributed by atoms with Crippen molar-refractivity contribution in [3.63, 3.8) is 0 Å². The lowest BCUT2D eigenvalue weighted by molar-refractivity contribution is -0.404. The quantitative estimate of drug-likeness (QED) is 0.101. The standard InChI is InChI=1S/C20H8F15NO3S2/c21-14(22)16(25,26)18(29,30)19(31,32)17(27,28)15(23,24)13(36-39-41(37,38)20(33,34)35)8-5-6-12-10(7-8)9-3-1-2-4-11(9)40-12/h1-7,14H. The molecule has 3 aromatic rings. The molecule has 0 amide bonds. The summed E-state index contributed by atoms with van der Waals surface area (Å²) in [4.78, 5) is 0. The van der Waals surface area contributed by atoms with Crippen molar-refractivity contribution < 1.29 is 78.6 Å². The van der Waals surface area contributed by atoms with E-state index in [-0.39, 0.29) is 21.5 Å². The molecule has 0 spiro atoms. The molecule has 0 fully saturated rings. The van der Waals surface area contributed by atoms with E-state index in [1.165, 1.54) is 24.3 Å². The molecule has 1 aromatic heterocycles. The molecule has 41 heavy (non-hydrogen) atoms. The maximum absolute atomic E-state index is 15.0. The molecule has 0 unspecified atom stereocenters. The first-order valence-electron chi connectivity index (χ1n) is 10.0. The predicted octanol–water partition coefficient (Wildman–Crippen LogP) is 8.07. The lowest BCUT2D eigenvalue weighted by atomic mass is 9.89. The molecular weight excluding hydrogens is 651 g/mol. The van der Waals surface area contributed by atoms with E-state index in [1.807, 2.05) is 0 Å². The summed E-state index contributed by atoms with van der Waals surface area (Å²) in [5.74, 6) is -38.3. The molecule has 2 aromatic carbocycles. The SMILES string of the molecule is O=S(=O)(ON=C(c1ccc2sc3ccccc3c2c1)C(F)(F)C(F)(F)C(F)(F)C(F)(F)C(F)(F)C(F)F)C(F)(F)F. The van der Waals surface area contributed by atoms with Crippen LogP contribution in [0.25, 0.3) is 20.2 Å². The summed E-state index contributed by atoms with van der Waals surface area (Å²) in [5.41, 5.74) is -11.3. The van der Waals surface area contributed by atoms with Gasteiger partial charge in [-0.15, -0.1) is 11.3 Å². The Morgan fingerprint density at radius 2 is 1.27 bits per heavy atom. The molecule has 0 radical (unpaired) electrons. The number of rotatable bonds is 9. The summed E-state index contributed by atoms with van der Waals surface area (Å²) < 4.78 is 229. The zero-order valence-electron chi connectivity index (χ0n) is 18.8. The zero-order chi connectivity index (χ0) is 31.6. The van der Waals surface area contributed by atoms with Crippen molar-refractivity contribution in [2.75, 3.05) is 0 Å². The van der Waals surface area contributed by atoms with Crippen molar-refractivity contribution in [1.82, 2.24) is 0 Å². The minimum atomic E-state index is -8.08. The maximum Gasteiger partial charge on any atom is 0.536 e. The third-order valence-corrected chi connectivity index (χ3v) is 7.32. The molecular formula is C20H8F15NO3S2. The predicted molar refractivity (Wildman–Crippen MR) is 113 cm³/mol. The summed E-state index contributed by atoms with van der Waals surface area (Å²) in [7, 11) is -7.09. The zero-order valence-corrected chi connectivity index (χ0v) is 20.4. The van der Waals surface area contributed by atoms with E-state index in [2.05, 4.69) is 4.28 Å². The van der Waals surface area contributed by atoms with Crippen LogP contribution >= 0.6 is 11.3 Å². The highest BCUT2D eigenvalue weighted by Crippen LogP contribution is 2.58. The van der Waals surface area contributed by atoms with Gasteiger partial charge in [0, 0.05) is 25.7 Å². The molecule has 0 atom stereocenters. The Morgan fingerprint density at radius 3 is 1.80 bits per heavy atom. The number of fused-ring (bicyclic) bond motifs is 3. The van der Waals surface area contributed by atoms with Crippen LogP contribution in [0.15, 0.2) is 47.6 Å². The fourth-order valence-corrected chi connectivity index (χ4v) is 4.53. The third-order valence-electron chi connectivity index (χ3n) is 5.33. The van der Waals surface area contributed by atoms with Gasteiger partial charge in [-0.2, -0.15) is 65.5 Å². The summed E-state index contributed by atoms with van der Waals surface area (Å²) in [6.45, 7) is 0. The van der Waals surface area contributed by atoms with Gasteiger partial charge in [0.25, 0.3) is 0 Å². The van der Waals surface area contributed by atoms with Crippen LogP contribution in [-0.2, 0) is 14.4 Å². The van der Waals surface area contributed by atoms with Gasteiger partial charge in [0.05, 0.1) is 0 Å². The van der Waals surface area contributed by atoms with Crippen molar-refractivity contribution >= 4 is 47.3 Å². The van der Waals surface area contributed by atoms with Gasteiger partial charge in [-0.3, -0.25) is 4.28 Å². The average molecular weight is 659 g/mol. The van der Waals surface area contributed by atoms with Crippen LogP contribution in [0.5, 0.6) is 0 Å². The minimum Gasteiger partial charge on any atom is -0.261 e. The van der Waals surface area contributed by atoms with Crippen molar-refractivity contribution in [3.05, 3.63) is 48.0 Å². The van der Waals surface area contributed by atoms with E-state index < -0.39 is 62.9 Å². The second-order valence-corrected chi connectivity index (χ2v) is 10.5. The Labute approximate surface area is 221 Å². The van der Waals surface area contributed by atoms with Gasteiger partial charge in [-0.25, -0.2) is 8.78 Å². The molecule has 0 saturated carbocycles. The van der Waals surface area contributed by atoms with E-state index in [9.17, 15) is 74.3 Å². The van der Waals surface area contributed by atoms with Gasteiger partial charge in [-0.1, -0.05) is 29.4 Å². The topological polar surface area (TPSA) is 55.7 Å². The number of halogens is 15. The summed E-state index contributed by atoms with van der Waals surface area (Å²) in [6.07, 6.45) is -5.80. The van der Waals surface area contributed by atoms with Crippen molar-refractivity contribution in [3.8, 4) is 0 Å². The second-order valence-electron chi connectivity index (χ2n) is 7.94. The Kier molecular flexibility index (Phi) is 7.78. The van der Waals surface area contributed by atoms with Gasteiger partial charge in [0.2, 0.25) is 0 Å². The number of alkyl halides is 15. The lowest BCUT2D eigenvalue weighted by Gasteiger charge is -2.39. The number of nitrogens with zero attached hydrogens (tertiary/aromatic N) is 1.